The predicted molar refractivity (Wildman–Crippen MR) is 23.9 cm³/mol. The molecule has 2 heteroatoms. The van der Waals surface area contributed by atoms with Gasteiger partial charge in [0.25, 0.3) is 0 Å². The number of rotatable bonds is 1. The van der Waals surface area contributed by atoms with E-state index in [2.05, 4.69) is 0 Å². The Balaban J connectivity index is 1.97. The summed E-state index contributed by atoms with van der Waals surface area (Å²) in [6, 6.07) is 0. The maximum absolute atomic E-state index is 9.24. The van der Waals surface area contributed by atoms with Crippen LogP contribution < -0.4 is 0 Å². The average molecular weight is 170 g/mol. The Hall–Kier alpha value is 0.690. The summed E-state index contributed by atoms with van der Waals surface area (Å²) in [5.41, 5.74) is 0. The van der Waals surface area contributed by atoms with Crippen LogP contribution in [0.3, 0.4) is 0 Å². The molecule has 0 aliphatic carbocycles. The van der Waals surface area contributed by atoms with Gasteiger partial charge in [0.2, 0.25) is 0 Å². The lowest BCUT2D eigenvalue weighted by Gasteiger charge is -1.61. The minimum Gasteiger partial charge on any atom is -0.236 e. The van der Waals surface area contributed by atoms with Crippen LogP contribution in [0.1, 0.15) is 0 Å². The van der Waals surface area contributed by atoms with Crippen molar-refractivity contribution in [2.75, 3.05) is 6.61 Å². The number of hydrogen-bond acceptors (Lipinski definition) is 0. The fourth-order valence-electron chi connectivity index (χ4n) is 0. The molecule has 0 unspecified atom stereocenters. The van der Waals surface area contributed by atoms with Crippen LogP contribution in [0.25, 0.3) is 0 Å². The van der Waals surface area contributed by atoms with Crippen LogP contribution in [-0.2, 0) is 5.11 Å². The fraction of sp³-hybridized carbons (Fsp3) is 0.500. The summed E-state index contributed by atoms with van der Waals surface area (Å²) >= 11 is 1.91. The van der Waals surface area contributed by atoms with Crippen molar-refractivity contribution in [3.63, 3.8) is 0 Å². The lowest BCUT2D eigenvalue weighted by molar-refractivity contribution is 0.229. The Morgan fingerprint density at radius 3 is 2.25 bits per heavy atom. The van der Waals surface area contributed by atoms with Crippen molar-refractivity contribution in [1.82, 2.24) is 0 Å². The zero-order valence-corrected chi connectivity index (χ0v) is 4.23. The highest BCUT2D eigenvalue weighted by Gasteiger charge is 1.63. The van der Waals surface area contributed by atoms with Crippen LogP contribution in [0.15, 0.2) is 0 Å². The Kier molecular flexibility index (Phi) is 4.33. The van der Waals surface area contributed by atoms with Gasteiger partial charge in [-0.25, -0.2) is 5.11 Å². The Morgan fingerprint density at radius 1 is 2.00 bits per heavy atom. The molecule has 4 heavy (non-hydrogen) atoms. The average Bonchev–Trinajstić information content (AvgIpc) is 1.37. The third-order valence-corrected chi connectivity index (χ3v) is 0.423. The van der Waals surface area contributed by atoms with E-state index in [1.807, 2.05) is 22.6 Å². The lowest BCUT2D eigenvalue weighted by atomic mass is 10.9. The number of halogens is 1. The summed E-state index contributed by atoms with van der Waals surface area (Å²) in [7, 11) is 0. The molecule has 2 radical (unpaired) electrons. The van der Waals surface area contributed by atoms with Crippen LogP contribution in [-0.4, -0.2) is 6.61 Å². The molecule has 0 heterocycles. The van der Waals surface area contributed by atoms with Gasteiger partial charge in [0, 0.05) is 0 Å². The summed E-state index contributed by atoms with van der Waals surface area (Å²) in [6.07, 6.45) is 0. The van der Waals surface area contributed by atoms with Gasteiger partial charge in [0.15, 0.2) is 0 Å². The van der Waals surface area contributed by atoms with E-state index in [9.17, 15) is 5.11 Å². The van der Waals surface area contributed by atoms with Gasteiger partial charge >= 0.3 is 0 Å². The molecule has 0 aliphatic rings. The molecule has 0 spiro atoms. The lowest BCUT2D eigenvalue weighted by Crippen LogP contribution is -1.63. The first-order chi connectivity index (χ1) is 1.91. The minimum absolute atomic E-state index is 0.0689. The number of hydrogen-bond donors (Lipinski definition) is 0. The molecule has 0 fully saturated rings. The SMILES string of the molecule is [O]C[CH]I. The topological polar surface area (TPSA) is 19.9 Å². The molecular weight excluding hydrogens is 167 g/mol. The second-order valence-electron chi connectivity index (χ2n) is 0.321. The van der Waals surface area contributed by atoms with E-state index in [1.165, 1.54) is 4.43 Å². The van der Waals surface area contributed by atoms with E-state index in [0.717, 1.165) is 0 Å². The molecule has 0 aromatic rings. The summed E-state index contributed by atoms with van der Waals surface area (Å²) in [5.74, 6) is 0. The summed E-state index contributed by atoms with van der Waals surface area (Å²) in [6.45, 7) is -0.0689. The van der Waals surface area contributed by atoms with E-state index in [4.69, 9.17) is 0 Å². The quantitative estimate of drug-likeness (QED) is 0.523. The molecular formula is C2H3IO. The van der Waals surface area contributed by atoms with Gasteiger partial charge < -0.3 is 0 Å². The van der Waals surface area contributed by atoms with E-state index in [0.29, 0.717) is 0 Å². The van der Waals surface area contributed by atoms with Crippen molar-refractivity contribution < 1.29 is 5.11 Å². The predicted octanol–water partition coefficient (Wildman–Crippen LogP) is 1.01. The van der Waals surface area contributed by atoms with E-state index >= 15 is 0 Å². The van der Waals surface area contributed by atoms with Crippen molar-refractivity contribution in [2.24, 2.45) is 0 Å². The monoisotopic (exact) mass is 170 g/mol. The summed E-state index contributed by atoms with van der Waals surface area (Å²) in [4.78, 5) is 0. The van der Waals surface area contributed by atoms with Crippen LogP contribution >= 0.6 is 22.6 Å². The van der Waals surface area contributed by atoms with Gasteiger partial charge in [-0.15, -0.1) is 0 Å². The van der Waals surface area contributed by atoms with Crippen molar-refractivity contribution in [1.29, 1.82) is 0 Å². The third-order valence-electron chi connectivity index (χ3n) is 0.0630. The van der Waals surface area contributed by atoms with Crippen molar-refractivity contribution >= 4 is 22.6 Å². The van der Waals surface area contributed by atoms with Crippen LogP contribution in [0.2, 0.25) is 0 Å². The molecule has 0 saturated carbocycles. The molecule has 24 valence electrons. The zero-order valence-electron chi connectivity index (χ0n) is 2.07. The molecule has 0 N–H and O–H groups in total. The first kappa shape index (κ1) is 4.69. The van der Waals surface area contributed by atoms with Crippen molar-refractivity contribution in [3.8, 4) is 0 Å². The Bertz CT molecular complexity index is 8.00. The highest BCUT2D eigenvalue weighted by molar-refractivity contribution is 14.1. The van der Waals surface area contributed by atoms with Gasteiger partial charge in [0.05, 0.1) is 11.0 Å². The Labute approximate surface area is 39.2 Å². The second kappa shape index (κ2) is 3.69. The second-order valence-corrected chi connectivity index (χ2v) is 1.20. The molecule has 0 aromatic heterocycles. The van der Waals surface area contributed by atoms with Crippen LogP contribution in [0, 0.1) is 4.43 Å². The fourth-order valence-corrected chi connectivity index (χ4v) is 0. The van der Waals surface area contributed by atoms with Crippen LogP contribution in [0.5, 0.6) is 0 Å². The molecule has 0 aliphatic heterocycles. The summed E-state index contributed by atoms with van der Waals surface area (Å²) in [5, 5.41) is 9.24. The van der Waals surface area contributed by atoms with Gasteiger partial charge in [0.1, 0.15) is 0 Å². The van der Waals surface area contributed by atoms with Gasteiger partial charge in [-0.05, 0) is 0 Å². The van der Waals surface area contributed by atoms with Gasteiger partial charge in [-0.1, -0.05) is 22.6 Å². The van der Waals surface area contributed by atoms with Crippen molar-refractivity contribution in [2.45, 2.75) is 0 Å². The maximum Gasteiger partial charge on any atom is 0.0951 e. The van der Waals surface area contributed by atoms with E-state index in [-0.39, 0.29) is 6.61 Å². The van der Waals surface area contributed by atoms with E-state index < -0.39 is 0 Å². The van der Waals surface area contributed by atoms with Gasteiger partial charge in [-0.3, -0.25) is 0 Å². The molecule has 0 rings (SSSR count). The molecule has 0 amide bonds. The largest absolute Gasteiger partial charge is 0.236 e. The van der Waals surface area contributed by atoms with Crippen molar-refractivity contribution in [3.05, 3.63) is 4.43 Å². The smallest absolute Gasteiger partial charge is 0.0951 e. The highest BCUT2D eigenvalue weighted by Crippen LogP contribution is 1.82. The molecule has 0 atom stereocenters. The van der Waals surface area contributed by atoms with Crippen LogP contribution in [0.4, 0.5) is 0 Å². The maximum atomic E-state index is 9.24. The van der Waals surface area contributed by atoms with Gasteiger partial charge in [-0.2, -0.15) is 0 Å². The molecule has 0 aromatic carbocycles. The first-order valence-corrected chi connectivity index (χ1v) is 2.16. The Morgan fingerprint density at radius 2 is 2.25 bits per heavy atom. The first-order valence-electron chi connectivity index (χ1n) is 0.915. The minimum atomic E-state index is -0.0689. The normalized spacial score (nSPS) is 7.50. The summed E-state index contributed by atoms with van der Waals surface area (Å²) < 4.78 is 1.54. The van der Waals surface area contributed by atoms with E-state index in [1.54, 1.807) is 0 Å². The molecule has 0 saturated heterocycles. The highest BCUT2D eigenvalue weighted by atomic mass is 127. The third kappa shape index (κ3) is 2.69. The molecule has 1 nitrogen and oxygen atoms in total. The molecule has 0 bridgehead atoms. The standard InChI is InChI=1S/C2H3IO/c3-1-2-4/h1H,2H2. The zero-order chi connectivity index (χ0) is 3.41.